The molecule has 0 radical (unpaired) electrons. The molecular weight excluding hydrogens is 430 g/mol. The van der Waals surface area contributed by atoms with Crippen molar-refractivity contribution in [3.63, 3.8) is 0 Å². The molecule has 5 rings (SSSR count). The van der Waals surface area contributed by atoms with E-state index >= 15 is 0 Å². The maximum atomic E-state index is 13.3. The number of ether oxygens (including phenoxy) is 1. The van der Waals surface area contributed by atoms with Crippen LogP contribution < -0.4 is 20.7 Å². The fourth-order valence-corrected chi connectivity index (χ4v) is 4.07. The number of carbonyl (C=O) groups excluding carboxylic acids is 3. The van der Waals surface area contributed by atoms with Crippen LogP contribution in [-0.2, 0) is 9.59 Å². The van der Waals surface area contributed by atoms with Crippen LogP contribution in [0.15, 0.2) is 72.8 Å². The Kier molecular flexibility index (Phi) is 5.99. The molecule has 172 valence electrons. The second-order valence-electron chi connectivity index (χ2n) is 8.50. The lowest BCUT2D eigenvalue weighted by Gasteiger charge is -2.27. The van der Waals surface area contributed by atoms with Crippen LogP contribution >= 0.6 is 0 Å². The summed E-state index contributed by atoms with van der Waals surface area (Å²) in [6.45, 7) is 0.765. The predicted octanol–water partition coefficient (Wildman–Crippen LogP) is 3.82. The lowest BCUT2D eigenvalue weighted by Crippen LogP contribution is -2.35. The number of fused-ring (bicyclic) bond motifs is 2. The van der Waals surface area contributed by atoms with E-state index in [4.69, 9.17) is 4.74 Å². The van der Waals surface area contributed by atoms with Gasteiger partial charge in [-0.1, -0.05) is 36.4 Å². The van der Waals surface area contributed by atoms with E-state index in [0.717, 1.165) is 24.0 Å². The van der Waals surface area contributed by atoms with Crippen LogP contribution in [0.4, 0.5) is 5.69 Å². The topological polar surface area (TPSA) is 96.5 Å². The quantitative estimate of drug-likeness (QED) is 0.472. The second-order valence-corrected chi connectivity index (χ2v) is 8.50. The largest absolute Gasteiger partial charge is 0.457 e. The monoisotopic (exact) mass is 455 g/mol. The zero-order valence-corrected chi connectivity index (χ0v) is 18.5. The van der Waals surface area contributed by atoms with Gasteiger partial charge in [0.2, 0.25) is 11.8 Å². The van der Waals surface area contributed by atoms with Crippen molar-refractivity contribution in [2.45, 2.75) is 18.8 Å². The van der Waals surface area contributed by atoms with Gasteiger partial charge in [0.25, 0.3) is 5.91 Å². The van der Waals surface area contributed by atoms with Gasteiger partial charge in [0.15, 0.2) is 0 Å². The summed E-state index contributed by atoms with van der Waals surface area (Å²) in [4.78, 5) is 37.3. The van der Waals surface area contributed by atoms with Gasteiger partial charge in [-0.15, -0.1) is 0 Å². The normalized spacial score (nSPS) is 14.2. The Labute approximate surface area is 197 Å². The van der Waals surface area contributed by atoms with Gasteiger partial charge in [0, 0.05) is 41.4 Å². The van der Waals surface area contributed by atoms with Crippen LogP contribution in [0.3, 0.4) is 0 Å². The van der Waals surface area contributed by atoms with Crippen LogP contribution in [0.25, 0.3) is 0 Å². The Morgan fingerprint density at radius 1 is 0.735 bits per heavy atom. The lowest BCUT2D eigenvalue weighted by atomic mass is 9.87. The van der Waals surface area contributed by atoms with Crippen molar-refractivity contribution in [2.24, 2.45) is 5.92 Å². The molecule has 34 heavy (non-hydrogen) atoms. The standard InChI is InChI=1S/C27H25N3O4/c31-25(17-9-10-17)28-15-16-29-26(32)18-11-13-19(14-12-18)30-27(33)24-20-5-1-3-7-22(20)34-23-8-4-2-6-21(23)24/h1-8,11-14,17,24H,9-10,15-16H2,(H,28,31)(H,29,32)(H,30,33). The summed E-state index contributed by atoms with van der Waals surface area (Å²) in [5.74, 6) is 0.640. The number of hydrogen-bond donors (Lipinski definition) is 3. The summed E-state index contributed by atoms with van der Waals surface area (Å²) in [6, 6.07) is 21.8. The van der Waals surface area contributed by atoms with E-state index in [2.05, 4.69) is 16.0 Å². The number of rotatable bonds is 7. The van der Waals surface area contributed by atoms with E-state index in [0.29, 0.717) is 35.8 Å². The minimum absolute atomic E-state index is 0.0594. The van der Waals surface area contributed by atoms with Crippen molar-refractivity contribution in [3.05, 3.63) is 89.5 Å². The van der Waals surface area contributed by atoms with Crippen LogP contribution in [0.2, 0.25) is 0 Å². The van der Waals surface area contributed by atoms with Crippen molar-refractivity contribution in [3.8, 4) is 11.5 Å². The zero-order valence-electron chi connectivity index (χ0n) is 18.5. The van der Waals surface area contributed by atoms with Crippen molar-refractivity contribution >= 4 is 23.4 Å². The minimum Gasteiger partial charge on any atom is -0.457 e. The molecule has 1 aliphatic heterocycles. The van der Waals surface area contributed by atoms with Crippen molar-refractivity contribution < 1.29 is 19.1 Å². The summed E-state index contributed by atoms with van der Waals surface area (Å²) < 4.78 is 5.97. The molecule has 3 aromatic carbocycles. The van der Waals surface area contributed by atoms with Gasteiger partial charge in [-0.2, -0.15) is 0 Å². The van der Waals surface area contributed by atoms with Gasteiger partial charge in [-0.3, -0.25) is 14.4 Å². The smallest absolute Gasteiger partial charge is 0.251 e. The molecule has 1 fully saturated rings. The lowest BCUT2D eigenvalue weighted by molar-refractivity contribution is -0.122. The number of anilines is 1. The van der Waals surface area contributed by atoms with Crippen molar-refractivity contribution in [2.75, 3.05) is 18.4 Å². The molecule has 0 unspecified atom stereocenters. The molecule has 1 heterocycles. The Balaban J connectivity index is 1.22. The molecule has 3 aromatic rings. The van der Waals surface area contributed by atoms with E-state index in [1.54, 1.807) is 24.3 Å². The number of benzene rings is 3. The van der Waals surface area contributed by atoms with Crippen LogP contribution in [0.1, 0.15) is 40.2 Å². The predicted molar refractivity (Wildman–Crippen MR) is 128 cm³/mol. The number of nitrogens with one attached hydrogen (secondary N) is 3. The average molecular weight is 456 g/mol. The first-order valence-corrected chi connectivity index (χ1v) is 11.4. The first-order chi connectivity index (χ1) is 16.6. The van der Waals surface area contributed by atoms with Crippen LogP contribution in [-0.4, -0.2) is 30.8 Å². The molecule has 0 bridgehead atoms. The summed E-state index contributed by atoms with van der Waals surface area (Å²) in [5.41, 5.74) is 2.69. The van der Waals surface area contributed by atoms with Gasteiger partial charge in [0.05, 0.1) is 5.92 Å². The summed E-state index contributed by atoms with van der Waals surface area (Å²) in [6.07, 6.45) is 1.91. The fraction of sp³-hybridized carbons (Fsp3) is 0.222. The molecule has 3 N–H and O–H groups in total. The minimum atomic E-state index is -0.505. The van der Waals surface area contributed by atoms with Gasteiger partial charge in [-0.05, 0) is 49.2 Å². The first kappa shape index (κ1) is 21.7. The third kappa shape index (κ3) is 4.64. The molecule has 0 spiro atoms. The molecular formula is C27H25N3O4. The highest BCUT2D eigenvalue weighted by Crippen LogP contribution is 2.44. The molecule has 1 saturated carbocycles. The Bertz CT molecular complexity index is 1190. The van der Waals surface area contributed by atoms with Gasteiger partial charge in [0.1, 0.15) is 11.5 Å². The Morgan fingerprint density at radius 2 is 1.32 bits per heavy atom. The summed E-state index contributed by atoms with van der Waals surface area (Å²) in [5, 5.41) is 8.58. The number of para-hydroxylation sites is 2. The highest BCUT2D eigenvalue weighted by molar-refractivity contribution is 6.00. The van der Waals surface area contributed by atoms with Crippen molar-refractivity contribution in [1.82, 2.24) is 10.6 Å². The molecule has 1 aliphatic carbocycles. The third-order valence-electron chi connectivity index (χ3n) is 6.01. The van der Waals surface area contributed by atoms with E-state index in [9.17, 15) is 14.4 Å². The van der Waals surface area contributed by atoms with Crippen LogP contribution in [0.5, 0.6) is 11.5 Å². The third-order valence-corrected chi connectivity index (χ3v) is 6.01. The van der Waals surface area contributed by atoms with Gasteiger partial charge in [-0.25, -0.2) is 0 Å². The zero-order chi connectivity index (χ0) is 23.5. The maximum Gasteiger partial charge on any atom is 0.251 e. The first-order valence-electron chi connectivity index (χ1n) is 11.4. The summed E-state index contributed by atoms with van der Waals surface area (Å²) >= 11 is 0. The molecule has 0 saturated heterocycles. The number of carbonyl (C=O) groups is 3. The van der Waals surface area contributed by atoms with Crippen LogP contribution in [0, 0.1) is 5.92 Å². The van der Waals surface area contributed by atoms with Gasteiger partial charge >= 0.3 is 0 Å². The van der Waals surface area contributed by atoms with E-state index in [1.165, 1.54) is 0 Å². The molecule has 2 aliphatic rings. The highest BCUT2D eigenvalue weighted by Gasteiger charge is 2.32. The molecule has 0 atom stereocenters. The van der Waals surface area contributed by atoms with Gasteiger partial charge < -0.3 is 20.7 Å². The number of hydrogen-bond acceptors (Lipinski definition) is 4. The highest BCUT2D eigenvalue weighted by atomic mass is 16.5. The molecule has 7 heteroatoms. The second kappa shape index (κ2) is 9.39. The van der Waals surface area contributed by atoms with E-state index < -0.39 is 5.92 Å². The SMILES string of the molecule is O=C(NCCNC(=O)C1CC1)c1ccc(NC(=O)C2c3ccccc3Oc3ccccc32)cc1. The maximum absolute atomic E-state index is 13.3. The summed E-state index contributed by atoms with van der Waals surface area (Å²) in [7, 11) is 0. The fourth-order valence-electron chi connectivity index (χ4n) is 4.07. The number of amides is 3. The molecule has 3 amide bonds. The van der Waals surface area contributed by atoms with Crippen molar-refractivity contribution in [1.29, 1.82) is 0 Å². The average Bonchev–Trinajstić information content (AvgIpc) is 3.71. The van der Waals surface area contributed by atoms with E-state index in [1.807, 2.05) is 48.5 Å². The molecule has 7 nitrogen and oxygen atoms in total. The Morgan fingerprint density at radius 3 is 1.94 bits per heavy atom. The molecule has 0 aromatic heterocycles. The Hall–Kier alpha value is -4.13. The van der Waals surface area contributed by atoms with E-state index in [-0.39, 0.29) is 23.6 Å².